The van der Waals surface area contributed by atoms with E-state index in [1.54, 1.807) is 24.3 Å². The standard InChI is InChI=1S/C15H11BrF2O2/c16-12-4-2-1-3-10(12)11(15(19)20)7-9-5-6-13(17)14(18)8-9/h1-6,8,11H,7H2,(H,19,20). The molecule has 5 heteroatoms. The van der Waals surface area contributed by atoms with Crippen molar-refractivity contribution in [2.24, 2.45) is 0 Å². The van der Waals surface area contributed by atoms with Crippen LogP contribution in [0.3, 0.4) is 0 Å². The molecule has 0 aliphatic carbocycles. The Labute approximate surface area is 123 Å². The second-order valence-corrected chi connectivity index (χ2v) is 5.22. The third-order valence-corrected chi connectivity index (χ3v) is 3.72. The molecular weight excluding hydrogens is 330 g/mol. The molecule has 2 aromatic carbocycles. The highest BCUT2D eigenvalue weighted by Crippen LogP contribution is 2.28. The summed E-state index contributed by atoms with van der Waals surface area (Å²) >= 11 is 3.31. The monoisotopic (exact) mass is 340 g/mol. The highest BCUT2D eigenvalue weighted by molar-refractivity contribution is 9.10. The van der Waals surface area contributed by atoms with Crippen molar-refractivity contribution in [2.45, 2.75) is 12.3 Å². The highest BCUT2D eigenvalue weighted by atomic mass is 79.9. The van der Waals surface area contributed by atoms with Crippen molar-refractivity contribution in [1.29, 1.82) is 0 Å². The van der Waals surface area contributed by atoms with Crippen LogP contribution in [0.1, 0.15) is 17.0 Å². The van der Waals surface area contributed by atoms with Gasteiger partial charge in [0.05, 0.1) is 5.92 Å². The summed E-state index contributed by atoms with van der Waals surface area (Å²) in [5.41, 5.74) is 1.04. The minimum absolute atomic E-state index is 0.0924. The molecule has 0 radical (unpaired) electrons. The minimum Gasteiger partial charge on any atom is -0.481 e. The van der Waals surface area contributed by atoms with E-state index in [0.717, 1.165) is 12.1 Å². The van der Waals surface area contributed by atoms with Gasteiger partial charge in [0.15, 0.2) is 11.6 Å². The molecule has 0 spiro atoms. The smallest absolute Gasteiger partial charge is 0.311 e. The van der Waals surface area contributed by atoms with E-state index < -0.39 is 23.5 Å². The van der Waals surface area contributed by atoms with Crippen molar-refractivity contribution in [3.05, 3.63) is 69.7 Å². The lowest BCUT2D eigenvalue weighted by molar-refractivity contribution is -0.138. The molecule has 0 fully saturated rings. The van der Waals surface area contributed by atoms with E-state index in [4.69, 9.17) is 0 Å². The van der Waals surface area contributed by atoms with Crippen LogP contribution in [0.4, 0.5) is 8.78 Å². The first kappa shape index (κ1) is 14.7. The fourth-order valence-electron chi connectivity index (χ4n) is 1.99. The van der Waals surface area contributed by atoms with E-state index >= 15 is 0 Å². The molecule has 2 rings (SSSR count). The van der Waals surface area contributed by atoms with Crippen LogP contribution in [0.2, 0.25) is 0 Å². The maximum atomic E-state index is 13.2. The van der Waals surface area contributed by atoms with Crippen LogP contribution in [-0.2, 0) is 11.2 Å². The number of carbonyl (C=O) groups is 1. The summed E-state index contributed by atoms with van der Waals surface area (Å²) in [7, 11) is 0. The molecule has 0 bridgehead atoms. The van der Waals surface area contributed by atoms with Gasteiger partial charge in [-0.15, -0.1) is 0 Å². The predicted octanol–water partition coefficient (Wildman–Crippen LogP) is 4.14. The summed E-state index contributed by atoms with van der Waals surface area (Å²) in [6, 6.07) is 10.4. The Morgan fingerprint density at radius 1 is 1.15 bits per heavy atom. The van der Waals surface area contributed by atoms with Gasteiger partial charge in [-0.1, -0.05) is 40.2 Å². The van der Waals surface area contributed by atoms with E-state index in [-0.39, 0.29) is 6.42 Å². The molecule has 0 saturated heterocycles. The largest absolute Gasteiger partial charge is 0.481 e. The zero-order chi connectivity index (χ0) is 14.7. The van der Waals surface area contributed by atoms with Crippen LogP contribution in [-0.4, -0.2) is 11.1 Å². The molecule has 0 saturated carbocycles. The van der Waals surface area contributed by atoms with E-state index in [9.17, 15) is 18.7 Å². The summed E-state index contributed by atoms with van der Waals surface area (Å²) in [5.74, 6) is -3.75. The van der Waals surface area contributed by atoms with Gasteiger partial charge < -0.3 is 5.11 Å². The van der Waals surface area contributed by atoms with Crippen molar-refractivity contribution in [3.63, 3.8) is 0 Å². The molecule has 0 aromatic heterocycles. The van der Waals surface area contributed by atoms with Crippen molar-refractivity contribution in [2.75, 3.05) is 0 Å². The Bertz CT molecular complexity index is 644. The lowest BCUT2D eigenvalue weighted by Gasteiger charge is -2.14. The Morgan fingerprint density at radius 2 is 1.85 bits per heavy atom. The Kier molecular flexibility index (Phi) is 4.49. The van der Waals surface area contributed by atoms with Crippen LogP contribution in [0, 0.1) is 11.6 Å². The zero-order valence-electron chi connectivity index (χ0n) is 10.3. The van der Waals surface area contributed by atoms with Gasteiger partial charge in [0, 0.05) is 4.47 Å². The molecule has 0 aliphatic rings. The molecule has 0 amide bonds. The topological polar surface area (TPSA) is 37.3 Å². The van der Waals surface area contributed by atoms with E-state index in [1.807, 2.05) is 0 Å². The first-order valence-electron chi connectivity index (χ1n) is 5.90. The first-order valence-corrected chi connectivity index (χ1v) is 6.69. The lowest BCUT2D eigenvalue weighted by atomic mass is 9.92. The third-order valence-electron chi connectivity index (χ3n) is 3.00. The van der Waals surface area contributed by atoms with Crippen molar-refractivity contribution < 1.29 is 18.7 Å². The third kappa shape index (κ3) is 3.22. The summed E-state index contributed by atoms with van der Waals surface area (Å²) in [6.45, 7) is 0. The Morgan fingerprint density at radius 3 is 2.45 bits per heavy atom. The number of rotatable bonds is 4. The summed E-state index contributed by atoms with van der Waals surface area (Å²) in [6.07, 6.45) is 0.0924. The summed E-state index contributed by atoms with van der Waals surface area (Å²) in [4.78, 5) is 11.4. The summed E-state index contributed by atoms with van der Waals surface area (Å²) < 4.78 is 26.7. The van der Waals surface area contributed by atoms with Crippen LogP contribution in [0.15, 0.2) is 46.9 Å². The number of carboxylic acids is 1. The van der Waals surface area contributed by atoms with Gasteiger partial charge in [0.2, 0.25) is 0 Å². The van der Waals surface area contributed by atoms with Crippen LogP contribution in [0.5, 0.6) is 0 Å². The molecule has 1 N–H and O–H groups in total. The Hall–Kier alpha value is -1.75. The van der Waals surface area contributed by atoms with Gasteiger partial charge >= 0.3 is 5.97 Å². The quantitative estimate of drug-likeness (QED) is 0.908. The maximum absolute atomic E-state index is 13.2. The molecular formula is C15H11BrF2O2. The predicted molar refractivity (Wildman–Crippen MR) is 74.6 cm³/mol. The number of benzene rings is 2. The average molecular weight is 341 g/mol. The van der Waals surface area contributed by atoms with Gasteiger partial charge in [0.1, 0.15) is 0 Å². The fourth-order valence-corrected chi connectivity index (χ4v) is 2.55. The maximum Gasteiger partial charge on any atom is 0.311 e. The Balaban J connectivity index is 2.33. The van der Waals surface area contributed by atoms with Crippen molar-refractivity contribution in [3.8, 4) is 0 Å². The first-order chi connectivity index (χ1) is 9.49. The number of aliphatic carboxylic acids is 1. The van der Waals surface area contributed by atoms with Crippen LogP contribution >= 0.6 is 15.9 Å². The van der Waals surface area contributed by atoms with Gasteiger partial charge in [-0.3, -0.25) is 4.79 Å². The van der Waals surface area contributed by atoms with Crippen molar-refractivity contribution in [1.82, 2.24) is 0 Å². The van der Waals surface area contributed by atoms with Crippen molar-refractivity contribution >= 4 is 21.9 Å². The normalized spacial score (nSPS) is 12.2. The minimum atomic E-state index is -1.01. The molecule has 0 heterocycles. The second kappa shape index (κ2) is 6.13. The van der Waals surface area contributed by atoms with E-state index in [2.05, 4.69) is 15.9 Å². The van der Waals surface area contributed by atoms with Crippen LogP contribution < -0.4 is 0 Å². The average Bonchev–Trinajstić information content (AvgIpc) is 2.41. The van der Waals surface area contributed by atoms with Gasteiger partial charge in [0.25, 0.3) is 0 Å². The molecule has 1 unspecified atom stereocenters. The molecule has 104 valence electrons. The highest BCUT2D eigenvalue weighted by Gasteiger charge is 2.22. The van der Waals surface area contributed by atoms with Crippen LogP contribution in [0.25, 0.3) is 0 Å². The number of hydrogen-bond acceptors (Lipinski definition) is 1. The number of hydrogen-bond donors (Lipinski definition) is 1. The SMILES string of the molecule is O=C(O)C(Cc1ccc(F)c(F)c1)c1ccccc1Br. The molecule has 2 nitrogen and oxygen atoms in total. The molecule has 1 atom stereocenters. The molecule has 2 aromatic rings. The van der Waals surface area contributed by atoms with E-state index in [0.29, 0.717) is 15.6 Å². The molecule has 0 aliphatic heterocycles. The zero-order valence-corrected chi connectivity index (χ0v) is 11.9. The van der Waals surface area contributed by atoms with Gasteiger partial charge in [-0.05, 0) is 35.7 Å². The van der Waals surface area contributed by atoms with Gasteiger partial charge in [-0.25, -0.2) is 8.78 Å². The van der Waals surface area contributed by atoms with E-state index in [1.165, 1.54) is 6.07 Å². The second-order valence-electron chi connectivity index (χ2n) is 4.36. The fraction of sp³-hybridized carbons (Fsp3) is 0.133. The number of halogens is 3. The van der Waals surface area contributed by atoms with Gasteiger partial charge in [-0.2, -0.15) is 0 Å². The molecule has 20 heavy (non-hydrogen) atoms. The summed E-state index contributed by atoms with van der Waals surface area (Å²) in [5, 5.41) is 9.35. The lowest BCUT2D eigenvalue weighted by Crippen LogP contribution is -2.15. The number of carboxylic acid groups (broad SMARTS) is 1.